The van der Waals surface area contributed by atoms with E-state index in [0.717, 1.165) is 18.4 Å². The first-order valence-electron chi connectivity index (χ1n) is 8.97. The molecule has 0 radical (unpaired) electrons. The Balaban J connectivity index is 2.44. The predicted octanol–water partition coefficient (Wildman–Crippen LogP) is 3.99. The van der Waals surface area contributed by atoms with Gasteiger partial charge < -0.3 is 15.4 Å². The maximum atomic E-state index is 12.2. The van der Waals surface area contributed by atoms with Crippen LogP contribution in [0.2, 0.25) is 0 Å². The summed E-state index contributed by atoms with van der Waals surface area (Å²) in [5.41, 5.74) is 1.14. The van der Waals surface area contributed by atoms with E-state index in [2.05, 4.69) is 22.8 Å². The summed E-state index contributed by atoms with van der Waals surface area (Å²) in [7, 11) is 0. The van der Waals surface area contributed by atoms with Gasteiger partial charge in [-0.05, 0) is 59.9 Å². The Kier molecular flexibility index (Phi) is 7.87. The fourth-order valence-corrected chi connectivity index (χ4v) is 2.30. The predicted molar refractivity (Wildman–Crippen MR) is 105 cm³/mol. The Morgan fingerprint density at radius 3 is 2.27 bits per heavy atom. The number of alkyl carbamates (subject to hydrolysis) is 1. The van der Waals surface area contributed by atoms with Crippen LogP contribution in [0.25, 0.3) is 0 Å². The van der Waals surface area contributed by atoms with Crippen LogP contribution in [0.5, 0.6) is 0 Å². The van der Waals surface area contributed by atoms with E-state index in [1.54, 1.807) is 6.08 Å². The van der Waals surface area contributed by atoms with Crippen LogP contribution in [0.1, 0.15) is 53.5 Å². The summed E-state index contributed by atoms with van der Waals surface area (Å²) in [6.07, 6.45) is 2.86. The molecule has 1 aromatic carbocycles. The van der Waals surface area contributed by atoms with Crippen molar-refractivity contribution in [3.8, 4) is 0 Å². The van der Waals surface area contributed by atoms with Gasteiger partial charge in [-0.15, -0.1) is 0 Å². The van der Waals surface area contributed by atoms with E-state index in [0.29, 0.717) is 0 Å². The SMILES string of the molecule is CC(=CC(=O)NC(C)(C)CNC(=O)OC(C)(C)C)CCc1ccccc1. The quantitative estimate of drug-likeness (QED) is 0.723. The van der Waals surface area contributed by atoms with Crippen molar-refractivity contribution < 1.29 is 14.3 Å². The molecule has 2 N–H and O–H groups in total. The van der Waals surface area contributed by atoms with Gasteiger partial charge in [0.05, 0.1) is 5.54 Å². The maximum Gasteiger partial charge on any atom is 0.407 e. The van der Waals surface area contributed by atoms with Gasteiger partial charge in [-0.2, -0.15) is 0 Å². The minimum absolute atomic E-state index is 0.161. The molecule has 0 bridgehead atoms. The van der Waals surface area contributed by atoms with E-state index in [1.165, 1.54) is 5.56 Å². The first-order chi connectivity index (χ1) is 12.0. The molecule has 0 saturated heterocycles. The molecular formula is C21H32N2O3. The lowest BCUT2D eigenvalue weighted by atomic mass is 10.0. The Morgan fingerprint density at radius 1 is 1.08 bits per heavy atom. The summed E-state index contributed by atoms with van der Waals surface area (Å²) in [6.45, 7) is 11.4. The maximum absolute atomic E-state index is 12.2. The van der Waals surface area contributed by atoms with Crippen molar-refractivity contribution >= 4 is 12.0 Å². The lowest BCUT2D eigenvalue weighted by Gasteiger charge is -2.27. The Hall–Kier alpha value is -2.30. The number of amides is 2. The van der Waals surface area contributed by atoms with Crippen molar-refractivity contribution in [1.82, 2.24) is 10.6 Å². The third-order valence-electron chi connectivity index (χ3n) is 3.56. The van der Waals surface area contributed by atoms with E-state index in [-0.39, 0.29) is 12.5 Å². The normalized spacial score (nSPS) is 12.5. The van der Waals surface area contributed by atoms with Crippen molar-refractivity contribution in [3.05, 3.63) is 47.5 Å². The van der Waals surface area contributed by atoms with E-state index < -0.39 is 17.2 Å². The van der Waals surface area contributed by atoms with Gasteiger partial charge in [-0.1, -0.05) is 35.9 Å². The number of carbonyl (C=O) groups is 2. The number of carbonyl (C=O) groups excluding carboxylic acids is 2. The Bertz CT molecular complexity index is 628. The smallest absolute Gasteiger partial charge is 0.407 e. The van der Waals surface area contributed by atoms with Crippen LogP contribution in [0.4, 0.5) is 4.79 Å². The average molecular weight is 360 g/mol. The van der Waals surface area contributed by atoms with Crippen molar-refractivity contribution in [1.29, 1.82) is 0 Å². The summed E-state index contributed by atoms with van der Waals surface area (Å²) in [5, 5.41) is 5.61. The molecule has 144 valence electrons. The van der Waals surface area contributed by atoms with E-state index in [4.69, 9.17) is 4.74 Å². The second kappa shape index (κ2) is 9.41. The third kappa shape index (κ3) is 9.87. The van der Waals surface area contributed by atoms with Gasteiger partial charge in [0.15, 0.2) is 0 Å². The topological polar surface area (TPSA) is 67.4 Å². The van der Waals surface area contributed by atoms with Gasteiger partial charge in [0.1, 0.15) is 5.60 Å². The monoisotopic (exact) mass is 360 g/mol. The van der Waals surface area contributed by atoms with Crippen LogP contribution in [0.15, 0.2) is 42.0 Å². The molecule has 1 rings (SSSR count). The highest BCUT2D eigenvalue weighted by Gasteiger charge is 2.22. The summed E-state index contributed by atoms with van der Waals surface area (Å²) >= 11 is 0. The number of rotatable bonds is 7. The molecule has 0 unspecified atom stereocenters. The largest absolute Gasteiger partial charge is 0.444 e. The van der Waals surface area contributed by atoms with E-state index in [1.807, 2.05) is 59.7 Å². The second-order valence-corrected chi connectivity index (χ2v) is 8.20. The van der Waals surface area contributed by atoms with Crippen molar-refractivity contribution in [2.75, 3.05) is 6.54 Å². The molecule has 5 heteroatoms. The van der Waals surface area contributed by atoms with Gasteiger partial charge >= 0.3 is 6.09 Å². The first-order valence-corrected chi connectivity index (χ1v) is 8.97. The number of benzene rings is 1. The zero-order chi connectivity index (χ0) is 19.8. The van der Waals surface area contributed by atoms with Gasteiger partial charge in [-0.25, -0.2) is 4.79 Å². The fourth-order valence-electron chi connectivity index (χ4n) is 2.30. The lowest BCUT2D eigenvalue weighted by molar-refractivity contribution is -0.118. The highest BCUT2D eigenvalue weighted by Crippen LogP contribution is 2.10. The molecule has 0 spiro atoms. The summed E-state index contributed by atoms with van der Waals surface area (Å²) in [4.78, 5) is 24.0. The van der Waals surface area contributed by atoms with Crippen LogP contribution in [-0.2, 0) is 16.0 Å². The van der Waals surface area contributed by atoms with Crippen LogP contribution < -0.4 is 10.6 Å². The highest BCUT2D eigenvalue weighted by molar-refractivity contribution is 5.88. The molecule has 26 heavy (non-hydrogen) atoms. The number of nitrogens with one attached hydrogen (secondary N) is 2. The van der Waals surface area contributed by atoms with Crippen LogP contribution in [0.3, 0.4) is 0 Å². The number of ether oxygens (including phenoxy) is 1. The van der Waals surface area contributed by atoms with Crippen LogP contribution in [0, 0.1) is 0 Å². The first kappa shape index (κ1) is 21.7. The minimum Gasteiger partial charge on any atom is -0.444 e. The van der Waals surface area contributed by atoms with Gasteiger partial charge in [0.2, 0.25) is 5.91 Å². The Labute approximate surface area is 157 Å². The fraction of sp³-hybridized carbons (Fsp3) is 0.524. The van der Waals surface area contributed by atoms with Gasteiger partial charge in [-0.3, -0.25) is 4.79 Å². The molecule has 0 aromatic heterocycles. The molecular weight excluding hydrogens is 328 g/mol. The summed E-state index contributed by atoms with van der Waals surface area (Å²) in [6, 6.07) is 10.2. The number of hydrogen-bond donors (Lipinski definition) is 2. The van der Waals surface area contributed by atoms with E-state index >= 15 is 0 Å². The third-order valence-corrected chi connectivity index (χ3v) is 3.56. The standard InChI is InChI=1S/C21H32N2O3/c1-16(12-13-17-10-8-7-9-11-17)14-18(24)23-21(5,6)15-22-19(25)26-20(2,3)4/h7-11,14H,12-13,15H2,1-6H3,(H,22,25)(H,23,24). The molecule has 2 amide bonds. The van der Waals surface area contributed by atoms with Crippen molar-refractivity contribution in [2.24, 2.45) is 0 Å². The summed E-state index contributed by atoms with van der Waals surface area (Å²) in [5.74, 6) is -0.161. The molecule has 0 saturated carbocycles. The van der Waals surface area contributed by atoms with Crippen LogP contribution >= 0.6 is 0 Å². The summed E-state index contributed by atoms with van der Waals surface area (Å²) < 4.78 is 5.20. The average Bonchev–Trinajstić information content (AvgIpc) is 2.50. The number of aryl methyl sites for hydroxylation is 1. The van der Waals surface area contributed by atoms with Crippen molar-refractivity contribution in [2.45, 2.75) is 65.5 Å². The van der Waals surface area contributed by atoms with Crippen LogP contribution in [-0.4, -0.2) is 29.7 Å². The zero-order valence-electron chi connectivity index (χ0n) is 16.8. The molecule has 0 fully saturated rings. The number of allylic oxidation sites excluding steroid dienone is 1. The Morgan fingerprint density at radius 2 is 1.69 bits per heavy atom. The number of hydrogen-bond acceptors (Lipinski definition) is 3. The zero-order valence-corrected chi connectivity index (χ0v) is 16.8. The van der Waals surface area contributed by atoms with Gasteiger partial charge in [0, 0.05) is 12.6 Å². The highest BCUT2D eigenvalue weighted by atomic mass is 16.6. The molecule has 0 heterocycles. The van der Waals surface area contributed by atoms with Gasteiger partial charge in [0.25, 0.3) is 0 Å². The van der Waals surface area contributed by atoms with Crippen molar-refractivity contribution in [3.63, 3.8) is 0 Å². The second-order valence-electron chi connectivity index (χ2n) is 8.20. The van der Waals surface area contributed by atoms with E-state index in [9.17, 15) is 9.59 Å². The molecule has 1 aromatic rings. The minimum atomic E-state index is -0.579. The molecule has 5 nitrogen and oxygen atoms in total. The molecule has 0 aliphatic rings. The molecule has 0 atom stereocenters. The molecule has 0 aliphatic carbocycles. The molecule has 0 aliphatic heterocycles. The lowest BCUT2D eigenvalue weighted by Crippen LogP contribution is -2.51.